The van der Waals surface area contributed by atoms with Crippen LogP contribution in [-0.4, -0.2) is 25.0 Å². The minimum Gasteiger partial charge on any atom is -0.452 e. The van der Waals surface area contributed by atoms with Gasteiger partial charge in [0.1, 0.15) is 0 Å². The van der Waals surface area contributed by atoms with Crippen molar-refractivity contribution in [3.05, 3.63) is 28.8 Å². The van der Waals surface area contributed by atoms with Gasteiger partial charge < -0.3 is 15.8 Å². The summed E-state index contributed by atoms with van der Waals surface area (Å²) in [6.45, 7) is 2.29. The Balaban J connectivity index is 2.45. The number of hydrogen-bond donors (Lipinski definition) is 2. The molecule has 0 aliphatic heterocycles. The molecule has 0 aromatic heterocycles. The minimum atomic E-state index is -0.643. The molecule has 0 atom stereocenters. The summed E-state index contributed by atoms with van der Waals surface area (Å²) >= 11 is 5.86. The molecule has 0 unspecified atom stereocenters. The largest absolute Gasteiger partial charge is 0.452 e. The van der Waals surface area contributed by atoms with E-state index < -0.39 is 5.97 Å². The summed E-state index contributed by atoms with van der Waals surface area (Å²) in [4.78, 5) is 23.0. The number of nitrogen functional groups attached to an aromatic ring is 1. The summed E-state index contributed by atoms with van der Waals surface area (Å²) in [6, 6.07) is 4.47. The molecule has 0 aliphatic rings. The zero-order valence-electron chi connectivity index (χ0n) is 10.7. The van der Waals surface area contributed by atoms with Crippen LogP contribution in [0.25, 0.3) is 0 Å². The van der Waals surface area contributed by atoms with Crippen molar-refractivity contribution < 1.29 is 14.3 Å². The number of benzene rings is 1. The lowest BCUT2D eigenvalue weighted by molar-refractivity contribution is -0.124. The number of nitrogens with one attached hydrogen (secondary N) is 1. The second-order valence-corrected chi connectivity index (χ2v) is 4.43. The van der Waals surface area contributed by atoms with Crippen LogP contribution in [0.15, 0.2) is 18.2 Å². The standard InChI is InChI=1S/C13H17ClN2O3/c1-2-3-6-16-12(17)8-19-13(18)10-5-4-9(15)7-11(10)14/h4-5,7H,2-3,6,8,15H2,1H3,(H,16,17). The topological polar surface area (TPSA) is 81.4 Å². The molecule has 1 aromatic carbocycles. The Kier molecular flexibility index (Phi) is 6.15. The molecule has 104 valence electrons. The summed E-state index contributed by atoms with van der Waals surface area (Å²) < 4.78 is 4.87. The SMILES string of the molecule is CCCCNC(=O)COC(=O)c1ccc(N)cc1Cl. The van der Waals surface area contributed by atoms with Gasteiger partial charge in [0.15, 0.2) is 6.61 Å². The van der Waals surface area contributed by atoms with Gasteiger partial charge in [-0.05, 0) is 24.6 Å². The monoisotopic (exact) mass is 284 g/mol. The Morgan fingerprint density at radius 3 is 2.79 bits per heavy atom. The van der Waals surface area contributed by atoms with Gasteiger partial charge in [0.25, 0.3) is 5.91 Å². The van der Waals surface area contributed by atoms with Crippen molar-refractivity contribution in [3.63, 3.8) is 0 Å². The van der Waals surface area contributed by atoms with Gasteiger partial charge >= 0.3 is 5.97 Å². The van der Waals surface area contributed by atoms with Crippen LogP contribution in [0.5, 0.6) is 0 Å². The molecule has 6 heteroatoms. The fourth-order valence-corrected chi connectivity index (χ4v) is 1.63. The van der Waals surface area contributed by atoms with Gasteiger partial charge in [-0.2, -0.15) is 0 Å². The number of amides is 1. The molecular formula is C13H17ClN2O3. The lowest BCUT2D eigenvalue weighted by Gasteiger charge is -2.07. The lowest BCUT2D eigenvalue weighted by Crippen LogP contribution is -2.29. The third kappa shape index (κ3) is 5.18. The van der Waals surface area contributed by atoms with Gasteiger partial charge in [0.05, 0.1) is 10.6 Å². The number of nitrogens with two attached hydrogens (primary N) is 1. The van der Waals surface area contributed by atoms with Crippen LogP contribution >= 0.6 is 11.6 Å². The maximum atomic E-state index is 11.7. The zero-order valence-corrected chi connectivity index (χ0v) is 11.5. The molecular weight excluding hydrogens is 268 g/mol. The van der Waals surface area contributed by atoms with Crippen molar-refractivity contribution in [3.8, 4) is 0 Å². The number of halogens is 1. The van der Waals surface area contributed by atoms with E-state index in [2.05, 4.69) is 5.32 Å². The average molecular weight is 285 g/mol. The Morgan fingerprint density at radius 1 is 1.42 bits per heavy atom. The molecule has 1 amide bonds. The van der Waals surface area contributed by atoms with Crippen molar-refractivity contribution >= 4 is 29.2 Å². The minimum absolute atomic E-state index is 0.192. The highest BCUT2D eigenvalue weighted by Gasteiger charge is 2.13. The van der Waals surface area contributed by atoms with Crippen LogP contribution in [0.4, 0.5) is 5.69 Å². The number of ether oxygens (including phenoxy) is 1. The van der Waals surface area contributed by atoms with Gasteiger partial charge in [-0.1, -0.05) is 24.9 Å². The van der Waals surface area contributed by atoms with E-state index in [1.165, 1.54) is 12.1 Å². The van der Waals surface area contributed by atoms with Crippen molar-refractivity contribution in [1.29, 1.82) is 0 Å². The van der Waals surface area contributed by atoms with Crippen LogP contribution in [0, 0.1) is 0 Å². The van der Waals surface area contributed by atoms with E-state index >= 15 is 0 Å². The van der Waals surface area contributed by atoms with Crippen molar-refractivity contribution in [2.75, 3.05) is 18.9 Å². The lowest BCUT2D eigenvalue weighted by atomic mass is 10.2. The second kappa shape index (κ2) is 7.63. The Bertz CT molecular complexity index is 463. The quantitative estimate of drug-likeness (QED) is 0.475. The maximum Gasteiger partial charge on any atom is 0.340 e. The summed E-state index contributed by atoms with van der Waals surface area (Å²) in [6.07, 6.45) is 1.88. The molecule has 0 saturated heterocycles. The van der Waals surface area contributed by atoms with Crippen molar-refractivity contribution in [1.82, 2.24) is 5.32 Å². The van der Waals surface area contributed by atoms with Crippen molar-refractivity contribution in [2.24, 2.45) is 0 Å². The van der Waals surface area contributed by atoms with E-state index in [1.54, 1.807) is 6.07 Å². The molecule has 5 nitrogen and oxygen atoms in total. The molecule has 0 heterocycles. The Hall–Kier alpha value is -1.75. The highest BCUT2D eigenvalue weighted by molar-refractivity contribution is 6.33. The van der Waals surface area contributed by atoms with E-state index in [1.807, 2.05) is 6.92 Å². The molecule has 0 saturated carbocycles. The Labute approximate surface area is 117 Å². The predicted octanol–water partition coefficient (Wildman–Crippen LogP) is 2.00. The number of carbonyl (C=O) groups excluding carboxylic acids is 2. The number of anilines is 1. The smallest absolute Gasteiger partial charge is 0.340 e. The van der Waals surface area contributed by atoms with Gasteiger partial charge in [-0.3, -0.25) is 4.79 Å². The van der Waals surface area contributed by atoms with E-state index in [0.29, 0.717) is 12.2 Å². The number of carbonyl (C=O) groups is 2. The van der Waals surface area contributed by atoms with E-state index in [9.17, 15) is 9.59 Å². The summed E-state index contributed by atoms with van der Waals surface area (Å²) in [7, 11) is 0. The van der Waals surface area contributed by atoms with Gasteiger partial charge in [0.2, 0.25) is 0 Å². The molecule has 0 fully saturated rings. The number of hydrogen-bond acceptors (Lipinski definition) is 4. The highest BCUT2D eigenvalue weighted by atomic mass is 35.5. The summed E-state index contributed by atoms with van der Waals surface area (Å²) in [5.74, 6) is -0.969. The first-order valence-corrected chi connectivity index (χ1v) is 6.41. The van der Waals surface area contributed by atoms with Gasteiger partial charge in [-0.25, -0.2) is 4.79 Å². The third-order valence-corrected chi connectivity index (χ3v) is 2.71. The number of esters is 1. The maximum absolute atomic E-state index is 11.7. The van der Waals surface area contributed by atoms with Crippen molar-refractivity contribution in [2.45, 2.75) is 19.8 Å². The molecule has 3 N–H and O–H groups in total. The average Bonchev–Trinajstić information content (AvgIpc) is 2.36. The third-order valence-electron chi connectivity index (χ3n) is 2.40. The summed E-state index contributed by atoms with van der Waals surface area (Å²) in [5, 5.41) is 2.85. The van der Waals surface area contributed by atoms with Crippen LogP contribution in [0.3, 0.4) is 0 Å². The first-order valence-electron chi connectivity index (χ1n) is 6.03. The van der Waals surface area contributed by atoms with E-state index in [4.69, 9.17) is 22.1 Å². The number of rotatable bonds is 6. The van der Waals surface area contributed by atoms with Crippen LogP contribution in [-0.2, 0) is 9.53 Å². The van der Waals surface area contributed by atoms with E-state index in [-0.39, 0.29) is 23.1 Å². The molecule has 0 spiro atoms. The fourth-order valence-electron chi connectivity index (χ4n) is 1.36. The Morgan fingerprint density at radius 2 is 2.16 bits per heavy atom. The first kappa shape index (κ1) is 15.3. The normalized spacial score (nSPS) is 10.0. The molecule has 1 aromatic rings. The highest BCUT2D eigenvalue weighted by Crippen LogP contribution is 2.19. The van der Waals surface area contributed by atoms with E-state index in [0.717, 1.165) is 12.8 Å². The molecule has 19 heavy (non-hydrogen) atoms. The first-order chi connectivity index (χ1) is 9.04. The van der Waals surface area contributed by atoms with Gasteiger partial charge in [-0.15, -0.1) is 0 Å². The van der Waals surface area contributed by atoms with Gasteiger partial charge in [0, 0.05) is 12.2 Å². The predicted molar refractivity (Wildman–Crippen MR) is 74.1 cm³/mol. The fraction of sp³-hybridized carbons (Fsp3) is 0.385. The zero-order chi connectivity index (χ0) is 14.3. The van der Waals surface area contributed by atoms with Crippen LogP contribution in [0.2, 0.25) is 5.02 Å². The summed E-state index contributed by atoms with van der Waals surface area (Å²) in [5.41, 5.74) is 6.17. The molecule has 0 bridgehead atoms. The molecule has 1 rings (SSSR count). The number of unbranched alkanes of at least 4 members (excludes halogenated alkanes) is 1. The molecule has 0 radical (unpaired) electrons. The van der Waals surface area contributed by atoms with Crippen LogP contribution < -0.4 is 11.1 Å². The molecule has 0 aliphatic carbocycles. The second-order valence-electron chi connectivity index (χ2n) is 4.02. The van der Waals surface area contributed by atoms with Crippen LogP contribution in [0.1, 0.15) is 30.1 Å².